The molecule has 0 saturated heterocycles. The maximum atomic E-state index is 10.4. The highest BCUT2D eigenvalue weighted by Gasteiger charge is 2.30. The van der Waals surface area contributed by atoms with E-state index in [4.69, 9.17) is 0 Å². The lowest BCUT2D eigenvalue weighted by Gasteiger charge is -2.27. The number of aliphatic hydroxyl groups is 1. The lowest BCUT2D eigenvalue weighted by atomic mass is 9.83. The second kappa shape index (κ2) is 5.05. The van der Waals surface area contributed by atoms with Gasteiger partial charge in [-0.25, -0.2) is 0 Å². The van der Waals surface area contributed by atoms with Crippen LogP contribution in [0.2, 0.25) is 0 Å². The smallest absolute Gasteiger partial charge is 0.0634 e. The van der Waals surface area contributed by atoms with E-state index in [2.05, 4.69) is 51.1 Å². The quantitative estimate of drug-likeness (QED) is 0.779. The van der Waals surface area contributed by atoms with Crippen LogP contribution in [0.4, 0.5) is 0 Å². The standard InChI is InChI=1S/C16H22O/c1-11-9-10-15(13(3)16(17)12(11)2)14-7-5-4-6-8-14/h4-8,10-13,16-17H,9H2,1-3H3/t11-,12-,13-,16+/m1/s1. The van der Waals surface area contributed by atoms with Crippen LogP contribution in [0.1, 0.15) is 32.8 Å². The Morgan fingerprint density at radius 1 is 1.06 bits per heavy atom. The van der Waals surface area contributed by atoms with Gasteiger partial charge >= 0.3 is 0 Å². The van der Waals surface area contributed by atoms with Gasteiger partial charge in [0.2, 0.25) is 0 Å². The molecule has 1 N–H and O–H groups in total. The zero-order valence-electron chi connectivity index (χ0n) is 10.9. The highest BCUT2D eigenvalue weighted by atomic mass is 16.3. The molecule has 0 amide bonds. The molecule has 1 aliphatic carbocycles. The molecule has 92 valence electrons. The Bertz CT molecular complexity index is 393. The topological polar surface area (TPSA) is 20.2 Å². The Morgan fingerprint density at radius 3 is 2.35 bits per heavy atom. The van der Waals surface area contributed by atoms with Crippen LogP contribution in [0, 0.1) is 17.8 Å². The molecule has 1 aliphatic rings. The van der Waals surface area contributed by atoms with E-state index in [-0.39, 0.29) is 12.0 Å². The van der Waals surface area contributed by atoms with Gasteiger partial charge in [-0.3, -0.25) is 0 Å². The van der Waals surface area contributed by atoms with Gasteiger partial charge in [0.15, 0.2) is 0 Å². The van der Waals surface area contributed by atoms with E-state index in [1.807, 2.05) is 6.07 Å². The summed E-state index contributed by atoms with van der Waals surface area (Å²) in [4.78, 5) is 0. The number of aliphatic hydroxyl groups excluding tert-OH is 1. The number of hydrogen-bond acceptors (Lipinski definition) is 1. The highest BCUT2D eigenvalue weighted by Crippen LogP contribution is 2.36. The summed E-state index contributed by atoms with van der Waals surface area (Å²) in [5.74, 6) is 1.13. The Hall–Kier alpha value is -1.08. The Balaban J connectivity index is 2.34. The van der Waals surface area contributed by atoms with Crippen molar-refractivity contribution in [3.05, 3.63) is 42.0 Å². The number of allylic oxidation sites excluding steroid dienone is 1. The van der Waals surface area contributed by atoms with Crippen molar-refractivity contribution in [1.29, 1.82) is 0 Å². The van der Waals surface area contributed by atoms with E-state index < -0.39 is 0 Å². The molecule has 17 heavy (non-hydrogen) atoms. The van der Waals surface area contributed by atoms with Crippen LogP contribution in [0.5, 0.6) is 0 Å². The van der Waals surface area contributed by atoms with Crippen molar-refractivity contribution in [2.75, 3.05) is 0 Å². The largest absolute Gasteiger partial charge is 0.392 e. The molecule has 0 heterocycles. The average molecular weight is 230 g/mol. The third-order valence-corrected chi connectivity index (χ3v) is 4.26. The molecule has 0 aliphatic heterocycles. The predicted octanol–water partition coefficient (Wildman–Crippen LogP) is 3.74. The van der Waals surface area contributed by atoms with Gasteiger partial charge in [0.25, 0.3) is 0 Å². The Kier molecular flexibility index (Phi) is 3.68. The number of benzene rings is 1. The first-order valence-corrected chi connectivity index (χ1v) is 6.54. The van der Waals surface area contributed by atoms with E-state index in [9.17, 15) is 5.11 Å². The van der Waals surface area contributed by atoms with Crippen molar-refractivity contribution < 1.29 is 5.11 Å². The van der Waals surface area contributed by atoms with Gasteiger partial charge in [-0.1, -0.05) is 57.2 Å². The fraction of sp³-hybridized carbons (Fsp3) is 0.500. The molecule has 1 heteroatoms. The number of rotatable bonds is 1. The van der Waals surface area contributed by atoms with E-state index >= 15 is 0 Å². The Morgan fingerprint density at radius 2 is 1.71 bits per heavy atom. The van der Waals surface area contributed by atoms with Crippen LogP contribution in [0.25, 0.3) is 5.57 Å². The molecule has 0 spiro atoms. The molecule has 0 saturated carbocycles. The van der Waals surface area contributed by atoms with Crippen LogP contribution in [-0.2, 0) is 0 Å². The molecule has 1 aromatic carbocycles. The third kappa shape index (κ3) is 2.44. The van der Waals surface area contributed by atoms with Crippen molar-refractivity contribution in [2.24, 2.45) is 17.8 Å². The maximum absolute atomic E-state index is 10.4. The minimum atomic E-state index is -0.237. The fourth-order valence-corrected chi connectivity index (χ4v) is 2.70. The molecular weight excluding hydrogens is 208 g/mol. The zero-order valence-corrected chi connectivity index (χ0v) is 10.9. The summed E-state index contributed by atoms with van der Waals surface area (Å²) >= 11 is 0. The first kappa shape index (κ1) is 12.4. The highest BCUT2D eigenvalue weighted by molar-refractivity contribution is 5.68. The fourth-order valence-electron chi connectivity index (χ4n) is 2.70. The summed E-state index contributed by atoms with van der Waals surface area (Å²) < 4.78 is 0. The minimum Gasteiger partial charge on any atom is -0.392 e. The minimum absolute atomic E-state index is 0.220. The van der Waals surface area contributed by atoms with Crippen molar-refractivity contribution in [3.8, 4) is 0 Å². The molecule has 0 fully saturated rings. The molecule has 0 aromatic heterocycles. The van der Waals surface area contributed by atoms with Gasteiger partial charge in [-0.2, -0.15) is 0 Å². The normalized spacial score (nSPS) is 34.0. The van der Waals surface area contributed by atoms with Crippen molar-refractivity contribution in [2.45, 2.75) is 33.3 Å². The summed E-state index contributed by atoms with van der Waals surface area (Å²) in [6.45, 7) is 6.52. The molecule has 1 nitrogen and oxygen atoms in total. The van der Waals surface area contributed by atoms with Gasteiger partial charge < -0.3 is 5.11 Å². The van der Waals surface area contributed by atoms with Crippen molar-refractivity contribution >= 4 is 5.57 Å². The monoisotopic (exact) mass is 230 g/mol. The molecule has 0 unspecified atom stereocenters. The SMILES string of the molecule is C[C@H]1[C@H](O)[C@H](C)C(c2ccccc2)=CC[C@H]1C. The summed E-state index contributed by atoms with van der Waals surface area (Å²) in [6, 6.07) is 10.4. The summed E-state index contributed by atoms with van der Waals surface area (Å²) in [5.41, 5.74) is 2.55. The van der Waals surface area contributed by atoms with Crippen LogP contribution in [-0.4, -0.2) is 11.2 Å². The van der Waals surface area contributed by atoms with Gasteiger partial charge in [-0.05, 0) is 29.4 Å². The molecule has 4 atom stereocenters. The van der Waals surface area contributed by atoms with Crippen LogP contribution in [0.15, 0.2) is 36.4 Å². The molecule has 2 rings (SSSR count). The third-order valence-electron chi connectivity index (χ3n) is 4.26. The van der Waals surface area contributed by atoms with E-state index in [0.717, 1.165) is 6.42 Å². The van der Waals surface area contributed by atoms with E-state index in [1.54, 1.807) is 0 Å². The second-order valence-electron chi connectivity index (χ2n) is 5.38. The maximum Gasteiger partial charge on any atom is 0.0634 e. The molecular formula is C16H22O. The molecule has 1 aromatic rings. The van der Waals surface area contributed by atoms with Crippen LogP contribution < -0.4 is 0 Å². The van der Waals surface area contributed by atoms with Gasteiger partial charge in [0.1, 0.15) is 0 Å². The molecule has 0 bridgehead atoms. The van der Waals surface area contributed by atoms with Crippen LogP contribution >= 0.6 is 0 Å². The lowest BCUT2D eigenvalue weighted by molar-refractivity contribution is 0.0647. The second-order valence-corrected chi connectivity index (χ2v) is 5.38. The first-order valence-electron chi connectivity index (χ1n) is 6.54. The number of hydrogen-bond donors (Lipinski definition) is 1. The predicted molar refractivity (Wildman–Crippen MR) is 72.5 cm³/mol. The van der Waals surface area contributed by atoms with Gasteiger partial charge in [-0.15, -0.1) is 0 Å². The summed E-state index contributed by atoms with van der Waals surface area (Å²) in [6.07, 6.45) is 3.14. The van der Waals surface area contributed by atoms with Crippen molar-refractivity contribution in [1.82, 2.24) is 0 Å². The first-order chi connectivity index (χ1) is 8.11. The lowest BCUT2D eigenvalue weighted by Crippen LogP contribution is -2.28. The average Bonchev–Trinajstić information content (AvgIpc) is 2.45. The summed E-state index contributed by atoms with van der Waals surface area (Å²) in [5, 5.41) is 10.4. The Labute approximate surface area is 104 Å². The van der Waals surface area contributed by atoms with Gasteiger partial charge in [0.05, 0.1) is 6.10 Å². The van der Waals surface area contributed by atoms with Crippen LogP contribution in [0.3, 0.4) is 0 Å². The van der Waals surface area contributed by atoms with Gasteiger partial charge in [0, 0.05) is 5.92 Å². The van der Waals surface area contributed by atoms with E-state index in [1.165, 1.54) is 11.1 Å². The van der Waals surface area contributed by atoms with Crippen molar-refractivity contribution in [3.63, 3.8) is 0 Å². The van der Waals surface area contributed by atoms with E-state index in [0.29, 0.717) is 11.8 Å². The summed E-state index contributed by atoms with van der Waals surface area (Å²) in [7, 11) is 0. The zero-order chi connectivity index (χ0) is 12.4. The molecule has 0 radical (unpaired) electrons.